The molecule has 1 fully saturated rings. The first-order valence-electron chi connectivity index (χ1n) is 7.94. The smallest absolute Gasteiger partial charge is 0.228 e. The van der Waals surface area contributed by atoms with E-state index in [0.717, 1.165) is 22.5 Å². The molecular formula is C16H16F3NO4S3. The molecule has 0 spiro atoms. The van der Waals surface area contributed by atoms with Gasteiger partial charge in [0.2, 0.25) is 10.0 Å². The normalized spacial score (nSPS) is 21.7. The Labute approximate surface area is 159 Å². The van der Waals surface area contributed by atoms with Crippen LogP contribution in [-0.4, -0.2) is 40.0 Å². The molecule has 1 atom stereocenters. The number of sulfone groups is 1. The van der Waals surface area contributed by atoms with Gasteiger partial charge in [0.05, 0.1) is 21.5 Å². The van der Waals surface area contributed by atoms with Crippen LogP contribution in [0, 0.1) is 0 Å². The van der Waals surface area contributed by atoms with Gasteiger partial charge in [0.15, 0.2) is 9.84 Å². The zero-order valence-corrected chi connectivity index (χ0v) is 16.3. The summed E-state index contributed by atoms with van der Waals surface area (Å²) in [4.78, 5) is 0.137. The van der Waals surface area contributed by atoms with Crippen molar-refractivity contribution in [3.8, 4) is 0 Å². The quantitative estimate of drug-likeness (QED) is 0.736. The van der Waals surface area contributed by atoms with Gasteiger partial charge in [-0.2, -0.15) is 17.5 Å². The fourth-order valence-corrected chi connectivity index (χ4v) is 7.56. The predicted molar refractivity (Wildman–Crippen MR) is 95.7 cm³/mol. The first-order chi connectivity index (χ1) is 12.5. The summed E-state index contributed by atoms with van der Waals surface area (Å²) in [7, 11) is -7.80. The molecule has 148 valence electrons. The molecule has 1 aliphatic heterocycles. The van der Waals surface area contributed by atoms with Gasteiger partial charge in [-0.05, 0) is 36.1 Å². The molecule has 1 unspecified atom stereocenters. The molecule has 0 saturated carbocycles. The van der Waals surface area contributed by atoms with E-state index in [4.69, 9.17) is 0 Å². The highest BCUT2D eigenvalue weighted by atomic mass is 32.2. The van der Waals surface area contributed by atoms with Crippen LogP contribution >= 0.6 is 11.3 Å². The summed E-state index contributed by atoms with van der Waals surface area (Å²) in [5, 5.41) is 0.937. The fraction of sp³-hybridized carbons (Fsp3) is 0.375. The summed E-state index contributed by atoms with van der Waals surface area (Å²) >= 11 is 1.28. The average Bonchev–Trinajstić information content (AvgIpc) is 3.05. The number of halogens is 3. The Hall–Kier alpha value is -1.43. The third-order valence-electron chi connectivity index (χ3n) is 4.36. The molecule has 11 heteroatoms. The molecule has 0 radical (unpaired) electrons. The van der Waals surface area contributed by atoms with Gasteiger partial charge in [-0.25, -0.2) is 16.8 Å². The number of sulfonamides is 1. The van der Waals surface area contributed by atoms with Gasteiger partial charge in [-0.15, -0.1) is 11.3 Å². The first-order valence-corrected chi connectivity index (χ1v) is 12.0. The predicted octanol–water partition coefficient (Wildman–Crippen LogP) is 3.32. The standard InChI is InChI=1S/C16H16F3NO4S3/c17-16(18,19)12-3-1-4-13(11-12)27(23,24)20-7-6-15(14-5-2-9-25-14)26(21,22)10-8-20/h1-5,9,11,15H,6-8,10H2. The molecule has 3 rings (SSSR count). The second-order valence-electron chi connectivity index (χ2n) is 6.09. The molecule has 2 aromatic rings. The van der Waals surface area contributed by atoms with Crippen molar-refractivity contribution >= 4 is 31.2 Å². The van der Waals surface area contributed by atoms with E-state index in [-0.39, 0.29) is 25.3 Å². The average molecular weight is 440 g/mol. The minimum absolute atomic E-state index is 0.0566. The Balaban J connectivity index is 1.91. The Bertz CT molecular complexity index is 1020. The van der Waals surface area contributed by atoms with E-state index in [1.165, 1.54) is 11.3 Å². The van der Waals surface area contributed by atoms with Crippen LogP contribution in [0.5, 0.6) is 0 Å². The van der Waals surface area contributed by atoms with Crippen molar-refractivity contribution < 1.29 is 30.0 Å². The zero-order valence-electron chi connectivity index (χ0n) is 13.9. The molecule has 1 saturated heterocycles. The van der Waals surface area contributed by atoms with Crippen molar-refractivity contribution in [1.82, 2.24) is 4.31 Å². The number of nitrogens with zero attached hydrogens (tertiary/aromatic N) is 1. The van der Waals surface area contributed by atoms with Gasteiger partial charge in [-0.3, -0.25) is 0 Å². The van der Waals surface area contributed by atoms with Gasteiger partial charge in [0.1, 0.15) is 0 Å². The Morgan fingerprint density at radius 2 is 1.85 bits per heavy atom. The van der Waals surface area contributed by atoms with Crippen LogP contribution in [-0.2, 0) is 26.0 Å². The van der Waals surface area contributed by atoms with Crippen LogP contribution in [0.4, 0.5) is 13.2 Å². The van der Waals surface area contributed by atoms with Crippen molar-refractivity contribution in [3.05, 3.63) is 52.2 Å². The molecule has 1 aliphatic rings. The number of hydrogen-bond acceptors (Lipinski definition) is 5. The second kappa shape index (κ2) is 7.19. The molecule has 0 bridgehead atoms. The van der Waals surface area contributed by atoms with Gasteiger partial charge in [-0.1, -0.05) is 12.1 Å². The van der Waals surface area contributed by atoms with Crippen LogP contribution in [0.2, 0.25) is 0 Å². The van der Waals surface area contributed by atoms with E-state index in [9.17, 15) is 30.0 Å². The largest absolute Gasteiger partial charge is 0.416 e. The van der Waals surface area contributed by atoms with Crippen molar-refractivity contribution in [2.45, 2.75) is 22.7 Å². The maximum atomic E-state index is 12.9. The number of rotatable bonds is 3. The minimum atomic E-state index is -4.67. The highest BCUT2D eigenvalue weighted by molar-refractivity contribution is 7.92. The van der Waals surface area contributed by atoms with E-state index in [1.807, 2.05) is 0 Å². The van der Waals surface area contributed by atoms with Crippen LogP contribution < -0.4 is 0 Å². The number of thiophene rings is 1. The molecule has 5 nitrogen and oxygen atoms in total. The number of benzene rings is 1. The topological polar surface area (TPSA) is 71.5 Å². The lowest BCUT2D eigenvalue weighted by molar-refractivity contribution is -0.137. The lowest BCUT2D eigenvalue weighted by Crippen LogP contribution is -2.33. The summed E-state index contributed by atoms with van der Waals surface area (Å²) in [6.07, 6.45) is -4.61. The second-order valence-corrected chi connectivity index (χ2v) is 11.3. The van der Waals surface area contributed by atoms with Gasteiger partial charge >= 0.3 is 6.18 Å². The van der Waals surface area contributed by atoms with Gasteiger partial charge < -0.3 is 0 Å². The van der Waals surface area contributed by atoms with E-state index in [1.54, 1.807) is 17.5 Å². The lowest BCUT2D eigenvalue weighted by Gasteiger charge is -2.20. The van der Waals surface area contributed by atoms with Crippen molar-refractivity contribution in [2.24, 2.45) is 0 Å². The number of hydrogen-bond donors (Lipinski definition) is 0. The van der Waals surface area contributed by atoms with Crippen molar-refractivity contribution in [3.63, 3.8) is 0 Å². The van der Waals surface area contributed by atoms with Crippen LogP contribution in [0.25, 0.3) is 0 Å². The van der Waals surface area contributed by atoms with Crippen molar-refractivity contribution in [2.75, 3.05) is 18.8 Å². The summed E-state index contributed by atoms with van der Waals surface area (Å²) in [6.45, 7) is -0.372. The van der Waals surface area contributed by atoms with Crippen LogP contribution in [0.1, 0.15) is 22.1 Å². The Kier molecular flexibility index (Phi) is 5.41. The van der Waals surface area contributed by atoms with Crippen molar-refractivity contribution in [1.29, 1.82) is 0 Å². The van der Waals surface area contributed by atoms with Gasteiger partial charge in [0.25, 0.3) is 0 Å². The third-order valence-corrected chi connectivity index (χ3v) is 9.50. The Morgan fingerprint density at radius 1 is 1.11 bits per heavy atom. The summed E-state index contributed by atoms with van der Waals surface area (Å²) in [5.41, 5.74) is -1.07. The number of alkyl halides is 3. The molecule has 27 heavy (non-hydrogen) atoms. The Morgan fingerprint density at radius 3 is 2.48 bits per heavy atom. The van der Waals surface area contributed by atoms with E-state index < -0.39 is 41.7 Å². The molecule has 0 amide bonds. The third kappa shape index (κ3) is 4.20. The SMILES string of the molecule is O=S1(=O)CCN(S(=O)(=O)c2cccc(C(F)(F)F)c2)CCC1c1cccs1. The molecular weight excluding hydrogens is 423 g/mol. The van der Waals surface area contributed by atoms with Gasteiger partial charge in [0, 0.05) is 18.0 Å². The maximum Gasteiger partial charge on any atom is 0.416 e. The van der Waals surface area contributed by atoms with E-state index in [0.29, 0.717) is 10.9 Å². The first kappa shape index (κ1) is 20.3. The molecule has 1 aromatic heterocycles. The monoisotopic (exact) mass is 439 g/mol. The highest BCUT2D eigenvalue weighted by Crippen LogP contribution is 2.35. The zero-order chi connectivity index (χ0) is 19.9. The maximum absolute atomic E-state index is 12.9. The van der Waals surface area contributed by atoms with E-state index >= 15 is 0 Å². The van der Waals surface area contributed by atoms with E-state index in [2.05, 4.69) is 0 Å². The summed E-state index contributed by atoms with van der Waals surface area (Å²) < 4.78 is 90.3. The van der Waals surface area contributed by atoms with Crippen LogP contribution in [0.3, 0.4) is 0 Å². The lowest BCUT2D eigenvalue weighted by atomic mass is 10.2. The molecule has 1 aromatic carbocycles. The molecule has 2 heterocycles. The fourth-order valence-electron chi connectivity index (χ4n) is 2.94. The molecule has 0 aliphatic carbocycles. The molecule has 0 N–H and O–H groups in total. The van der Waals surface area contributed by atoms with Crippen LogP contribution in [0.15, 0.2) is 46.7 Å². The highest BCUT2D eigenvalue weighted by Gasteiger charge is 2.37. The summed E-state index contributed by atoms with van der Waals surface area (Å²) in [6, 6.07) is 6.88. The minimum Gasteiger partial charge on any atom is -0.228 e. The summed E-state index contributed by atoms with van der Waals surface area (Å²) in [5.74, 6) is -0.381.